The maximum absolute atomic E-state index is 12.3. The quantitative estimate of drug-likeness (QED) is 0.897. The number of hydrogen-bond acceptors (Lipinski definition) is 2. The Morgan fingerprint density at radius 3 is 2.95 bits per heavy atom. The van der Waals surface area contributed by atoms with Crippen molar-refractivity contribution in [3.8, 4) is 5.75 Å². The molecule has 5 heteroatoms. The zero-order chi connectivity index (χ0) is 13.8. The molecule has 1 aromatic rings. The number of hydrogen-bond donors (Lipinski definition) is 1. The van der Waals surface area contributed by atoms with E-state index in [1.165, 1.54) is 6.42 Å². The van der Waals surface area contributed by atoms with Gasteiger partial charge in [0.15, 0.2) is 0 Å². The lowest BCUT2D eigenvalue weighted by molar-refractivity contribution is 0.170. The van der Waals surface area contributed by atoms with Gasteiger partial charge in [-0.3, -0.25) is 0 Å². The number of nitrogens with one attached hydrogen (secondary N) is 1. The van der Waals surface area contributed by atoms with E-state index in [9.17, 15) is 4.79 Å². The van der Waals surface area contributed by atoms with Gasteiger partial charge in [-0.2, -0.15) is 0 Å². The van der Waals surface area contributed by atoms with Crippen molar-refractivity contribution in [2.75, 3.05) is 19.0 Å². The molecule has 1 aromatic carbocycles. The topological polar surface area (TPSA) is 41.6 Å². The van der Waals surface area contributed by atoms with Crippen LogP contribution in [0.2, 0.25) is 5.02 Å². The highest BCUT2D eigenvalue weighted by Gasteiger charge is 2.23. The van der Waals surface area contributed by atoms with Gasteiger partial charge in [-0.15, -0.1) is 0 Å². The fraction of sp³-hybridized carbons (Fsp3) is 0.500. The lowest BCUT2D eigenvalue weighted by Gasteiger charge is -2.33. The molecule has 1 saturated heterocycles. The lowest BCUT2D eigenvalue weighted by Crippen LogP contribution is -2.44. The van der Waals surface area contributed by atoms with Gasteiger partial charge in [-0.05, 0) is 44.4 Å². The van der Waals surface area contributed by atoms with Crippen LogP contribution in [0.3, 0.4) is 0 Å². The number of carbonyl (C=O) groups is 1. The molecular formula is C14H19ClN2O2. The van der Waals surface area contributed by atoms with Crippen LogP contribution in [0.5, 0.6) is 5.75 Å². The highest BCUT2D eigenvalue weighted by Crippen LogP contribution is 2.28. The van der Waals surface area contributed by atoms with Crippen molar-refractivity contribution in [2.45, 2.75) is 32.2 Å². The monoisotopic (exact) mass is 282 g/mol. The minimum atomic E-state index is -0.0900. The Labute approximate surface area is 118 Å². The molecular weight excluding hydrogens is 264 g/mol. The van der Waals surface area contributed by atoms with E-state index >= 15 is 0 Å². The van der Waals surface area contributed by atoms with Crippen LogP contribution < -0.4 is 10.1 Å². The number of nitrogens with zero attached hydrogens (tertiary/aromatic N) is 1. The number of benzene rings is 1. The second kappa shape index (κ2) is 6.15. The summed E-state index contributed by atoms with van der Waals surface area (Å²) in [6, 6.07) is 5.37. The first-order chi connectivity index (χ1) is 9.11. The number of anilines is 1. The molecule has 2 amide bonds. The van der Waals surface area contributed by atoms with Crippen LogP contribution in [0.15, 0.2) is 18.2 Å². The molecule has 1 N–H and O–H groups in total. The van der Waals surface area contributed by atoms with Gasteiger partial charge in [0.05, 0.1) is 12.8 Å². The summed E-state index contributed by atoms with van der Waals surface area (Å²) in [5, 5.41) is 3.45. The van der Waals surface area contributed by atoms with Crippen molar-refractivity contribution < 1.29 is 9.53 Å². The number of rotatable bonds is 2. The molecule has 0 aliphatic carbocycles. The normalized spacial score (nSPS) is 19.1. The molecule has 1 atom stereocenters. The lowest BCUT2D eigenvalue weighted by atomic mass is 10.0. The highest BCUT2D eigenvalue weighted by molar-refractivity contribution is 6.31. The summed E-state index contributed by atoms with van der Waals surface area (Å²) in [6.07, 6.45) is 3.30. The van der Waals surface area contributed by atoms with Gasteiger partial charge in [-0.25, -0.2) is 4.79 Å². The molecule has 104 valence electrons. The third-order valence-electron chi connectivity index (χ3n) is 3.47. The Kier molecular flexibility index (Phi) is 4.53. The van der Waals surface area contributed by atoms with E-state index < -0.39 is 0 Å². The average Bonchev–Trinajstić information content (AvgIpc) is 2.39. The number of halogens is 1. The van der Waals surface area contributed by atoms with Crippen LogP contribution in [-0.2, 0) is 0 Å². The Bertz CT molecular complexity index is 465. The minimum Gasteiger partial charge on any atom is -0.495 e. The molecule has 1 heterocycles. The number of carbonyl (C=O) groups excluding carboxylic acids is 1. The van der Waals surface area contributed by atoms with Gasteiger partial charge in [-0.1, -0.05) is 11.6 Å². The number of likely N-dealkylation sites (tertiary alicyclic amines) is 1. The number of urea groups is 1. The molecule has 1 unspecified atom stereocenters. The number of amides is 2. The summed E-state index contributed by atoms with van der Waals surface area (Å²) >= 11 is 5.95. The second-order valence-electron chi connectivity index (χ2n) is 4.81. The van der Waals surface area contributed by atoms with Gasteiger partial charge in [0, 0.05) is 17.6 Å². The van der Waals surface area contributed by atoms with E-state index in [0.717, 1.165) is 19.4 Å². The standard InChI is InChI=1S/C14H19ClN2O2/c1-10-5-3-4-8-17(10)14(18)16-12-9-11(15)6-7-13(12)19-2/h6-7,9-10H,3-5,8H2,1-2H3,(H,16,18). The molecule has 19 heavy (non-hydrogen) atoms. The summed E-state index contributed by atoms with van der Waals surface area (Å²) in [5.74, 6) is 0.613. The zero-order valence-electron chi connectivity index (χ0n) is 11.3. The summed E-state index contributed by atoms with van der Waals surface area (Å²) in [7, 11) is 1.57. The molecule has 0 bridgehead atoms. The summed E-state index contributed by atoms with van der Waals surface area (Å²) in [6.45, 7) is 2.88. The van der Waals surface area contributed by atoms with E-state index in [-0.39, 0.29) is 12.1 Å². The van der Waals surface area contributed by atoms with E-state index in [1.807, 2.05) is 4.90 Å². The Morgan fingerprint density at radius 1 is 1.47 bits per heavy atom. The van der Waals surface area contributed by atoms with Crippen molar-refractivity contribution in [3.05, 3.63) is 23.2 Å². The predicted octanol–water partition coefficient (Wildman–Crippen LogP) is 3.75. The molecule has 2 rings (SSSR count). The van der Waals surface area contributed by atoms with Crippen molar-refractivity contribution in [3.63, 3.8) is 0 Å². The molecule has 4 nitrogen and oxygen atoms in total. The molecule has 0 aromatic heterocycles. The van der Waals surface area contributed by atoms with Crippen molar-refractivity contribution in [1.82, 2.24) is 4.90 Å². The van der Waals surface area contributed by atoms with E-state index in [1.54, 1.807) is 25.3 Å². The predicted molar refractivity (Wildman–Crippen MR) is 77.0 cm³/mol. The second-order valence-corrected chi connectivity index (χ2v) is 5.25. The molecule has 1 aliphatic heterocycles. The summed E-state index contributed by atoms with van der Waals surface area (Å²) < 4.78 is 5.22. The van der Waals surface area contributed by atoms with Crippen LogP contribution in [-0.4, -0.2) is 30.6 Å². The average molecular weight is 283 g/mol. The fourth-order valence-corrected chi connectivity index (χ4v) is 2.54. The smallest absolute Gasteiger partial charge is 0.322 e. The Balaban J connectivity index is 2.11. The first-order valence-corrected chi connectivity index (χ1v) is 6.91. The van der Waals surface area contributed by atoms with Crippen molar-refractivity contribution in [2.24, 2.45) is 0 Å². The largest absolute Gasteiger partial charge is 0.495 e. The first kappa shape index (κ1) is 14.0. The first-order valence-electron chi connectivity index (χ1n) is 6.53. The van der Waals surface area contributed by atoms with Gasteiger partial charge in [0.1, 0.15) is 5.75 Å². The van der Waals surface area contributed by atoms with Gasteiger partial charge < -0.3 is 15.0 Å². The van der Waals surface area contributed by atoms with Crippen LogP contribution in [0.1, 0.15) is 26.2 Å². The summed E-state index contributed by atoms with van der Waals surface area (Å²) in [4.78, 5) is 14.1. The van der Waals surface area contributed by atoms with E-state index in [2.05, 4.69) is 12.2 Å². The Morgan fingerprint density at radius 2 is 2.26 bits per heavy atom. The van der Waals surface area contributed by atoms with Crippen LogP contribution >= 0.6 is 11.6 Å². The molecule has 1 fully saturated rings. The molecule has 0 spiro atoms. The molecule has 0 radical (unpaired) electrons. The minimum absolute atomic E-state index is 0.0900. The number of piperidine rings is 1. The maximum atomic E-state index is 12.3. The van der Waals surface area contributed by atoms with Crippen LogP contribution in [0.4, 0.5) is 10.5 Å². The third kappa shape index (κ3) is 3.32. The summed E-state index contributed by atoms with van der Waals surface area (Å²) in [5.41, 5.74) is 0.609. The van der Waals surface area contributed by atoms with Crippen molar-refractivity contribution in [1.29, 1.82) is 0 Å². The molecule has 1 aliphatic rings. The van der Waals surface area contributed by atoms with Gasteiger partial charge in [0.25, 0.3) is 0 Å². The zero-order valence-corrected chi connectivity index (χ0v) is 12.0. The van der Waals surface area contributed by atoms with E-state index in [0.29, 0.717) is 16.5 Å². The highest BCUT2D eigenvalue weighted by atomic mass is 35.5. The van der Waals surface area contributed by atoms with E-state index in [4.69, 9.17) is 16.3 Å². The number of ether oxygens (including phenoxy) is 1. The molecule has 0 saturated carbocycles. The van der Waals surface area contributed by atoms with Gasteiger partial charge in [0.2, 0.25) is 0 Å². The third-order valence-corrected chi connectivity index (χ3v) is 3.70. The SMILES string of the molecule is COc1ccc(Cl)cc1NC(=O)N1CCCCC1C. The number of methoxy groups -OCH3 is 1. The van der Waals surface area contributed by atoms with Gasteiger partial charge >= 0.3 is 6.03 Å². The van der Waals surface area contributed by atoms with Crippen molar-refractivity contribution >= 4 is 23.3 Å². The fourth-order valence-electron chi connectivity index (χ4n) is 2.36. The maximum Gasteiger partial charge on any atom is 0.322 e. The Hall–Kier alpha value is -1.42. The van der Waals surface area contributed by atoms with Crippen LogP contribution in [0.25, 0.3) is 0 Å². The van der Waals surface area contributed by atoms with Crippen LogP contribution in [0, 0.1) is 0 Å².